The molecular weight excluding hydrogens is 344 g/mol. The molecule has 0 saturated carbocycles. The Morgan fingerprint density at radius 2 is 2.18 bits per heavy atom. The van der Waals surface area contributed by atoms with Crippen LogP contribution in [0.5, 0.6) is 0 Å². The molecule has 0 amide bonds. The van der Waals surface area contributed by atoms with Crippen molar-refractivity contribution >= 4 is 39.9 Å². The highest BCUT2D eigenvalue weighted by atomic mass is 79.9. The first-order valence-corrected chi connectivity index (χ1v) is 7.87. The molecule has 0 atom stereocenters. The van der Waals surface area contributed by atoms with Gasteiger partial charge in [-0.3, -0.25) is 4.99 Å². The smallest absolute Gasteiger partial charge is 0.173 e. The van der Waals surface area contributed by atoms with Crippen molar-refractivity contribution in [1.29, 1.82) is 0 Å². The van der Waals surface area contributed by atoms with E-state index in [2.05, 4.69) is 49.5 Å². The van der Waals surface area contributed by atoms with E-state index in [-0.39, 0.29) is 0 Å². The van der Waals surface area contributed by atoms with E-state index < -0.39 is 0 Å². The molecule has 7 heteroatoms. The molecule has 1 aliphatic rings. The third-order valence-electron chi connectivity index (χ3n) is 3.57. The number of aliphatic imine (C=N–C) groups is 1. The number of aromatic nitrogens is 3. The Balaban J connectivity index is 2.08. The van der Waals surface area contributed by atoms with Gasteiger partial charge in [0.05, 0.1) is 16.4 Å². The van der Waals surface area contributed by atoms with Crippen molar-refractivity contribution in [2.24, 2.45) is 4.99 Å². The predicted molar refractivity (Wildman–Crippen MR) is 93.6 cm³/mol. The summed E-state index contributed by atoms with van der Waals surface area (Å²) in [6.45, 7) is 9.32. The lowest BCUT2D eigenvalue weighted by Crippen LogP contribution is -2.20. The molecule has 1 aliphatic heterocycles. The largest absolute Gasteiger partial charge is 0.356 e. The maximum Gasteiger partial charge on any atom is 0.173 e. The first kappa shape index (κ1) is 14.8. The molecule has 0 bridgehead atoms. The Labute approximate surface area is 137 Å². The maximum absolute atomic E-state index is 4.71. The van der Waals surface area contributed by atoms with Gasteiger partial charge in [-0.15, -0.1) is 0 Å². The van der Waals surface area contributed by atoms with E-state index >= 15 is 0 Å². The Morgan fingerprint density at radius 1 is 1.41 bits per heavy atom. The summed E-state index contributed by atoms with van der Waals surface area (Å²) in [5.41, 5.74) is 1.53. The summed E-state index contributed by atoms with van der Waals surface area (Å²) in [6.07, 6.45) is 7.45. The van der Waals surface area contributed by atoms with E-state index in [0.29, 0.717) is 0 Å². The molecule has 22 heavy (non-hydrogen) atoms. The molecule has 3 rings (SSSR count). The van der Waals surface area contributed by atoms with Crippen LogP contribution in [-0.2, 0) is 0 Å². The second-order valence-corrected chi connectivity index (χ2v) is 5.87. The van der Waals surface area contributed by atoms with Gasteiger partial charge in [-0.1, -0.05) is 6.58 Å². The summed E-state index contributed by atoms with van der Waals surface area (Å²) in [5.74, 6) is 1.76. The highest BCUT2D eigenvalue weighted by Gasteiger charge is 2.17. The van der Waals surface area contributed by atoms with Crippen LogP contribution in [0.2, 0.25) is 0 Å². The lowest BCUT2D eigenvalue weighted by molar-refractivity contribution is 0.902. The van der Waals surface area contributed by atoms with E-state index in [1.54, 1.807) is 23.0 Å². The highest BCUT2D eigenvalue weighted by molar-refractivity contribution is 9.10. The first-order chi connectivity index (χ1) is 10.7. The Kier molecular flexibility index (Phi) is 4.24. The zero-order valence-electron chi connectivity index (χ0n) is 12.2. The molecule has 0 aliphatic carbocycles. The zero-order valence-corrected chi connectivity index (χ0v) is 13.8. The van der Waals surface area contributed by atoms with E-state index in [9.17, 15) is 0 Å². The fraction of sp³-hybridized carbons (Fsp3) is 0.267. The van der Waals surface area contributed by atoms with Crippen LogP contribution >= 0.6 is 15.9 Å². The van der Waals surface area contributed by atoms with Gasteiger partial charge in [0.1, 0.15) is 11.6 Å². The SMILES string of the molecule is C=C/C(=C\N=C)Nc1cc(N2CCCC2)nc2c(Br)cnn12. The molecule has 1 N–H and O–H groups in total. The maximum atomic E-state index is 4.71. The van der Waals surface area contributed by atoms with Gasteiger partial charge in [0.2, 0.25) is 0 Å². The van der Waals surface area contributed by atoms with E-state index in [4.69, 9.17) is 4.98 Å². The molecule has 0 aromatic carbocycles. The van der Waals surface area contributed by atoms with Crippen LogP contribution in [0.25, 0.3) is 5.65 Å². The van der Waals surface area contributed by atoms with Crippen LogP contribution in [-0.4, -0.2) is 34.4 Å². The predicted octanol–water partition coefficient (Wildman–Crippen LogP) is 3.23. The number of anilines is 2. The van der Waals surface area contributed by atoms with Crippen molar-refractivity contribution in [3.05, 3.63) is 41.3 Å². The number of hydrogen-bond acceptors (Lipinski definition) is 5. The molecule has 1 saturated heterocycles. The van der Waals surface area contributed by atoms with Gasteiger partial charge in [0, 0.05) is 25.4 Å². The van der Waals surface area contributed by atoms with Gasteiger partial charge in [-0.25, -0.2) is 4.98 Å². The average molecular weight is 361 g/mol. The molecule has 6 nitrogen and oxygen atoms in total. The molecule has 114 valence electrons. The van der Waals surface area contributed by atoms with Crippen molar-refractivity contribution in [1.82, 2.24) is 14.6 Å². The van der Waals surface area contributed by atoms with Crippen LogP contribution < -0.4 is 10.2 Å². The summed E-state index contributed by atoms with van der Waals surface area (Å²) < 4.78 is 2.62. The van der Waals surface area contributed by atoms with Crippen molar-refractivity contribution < 1.29 is 0 Å². The molecule has 1 fully saturated rings. The van der Waals surface area contributed by atoms with Gasteiger partial charge >= 0.3 is 0 Å². The van der Waals surface area contributed by atoms with Crippen LogP contribution in [0, 0.1) is 0 Å². The quantitative estimate of drug-likeness (QED) is 0.656. The molecule has 0 radical (unpaired) electrons. The van der Waals surface area contributed by atoms with Crippen LogP contribution in [0.3, 0.4) is 0 Å². The summed E-state index contributed by atoms with van der Waals surface area (Å²) in [5, 5.41) is 7.62. The summed E-state index contributed by atoms with van der Waals surface area (Å²) in [7, 11) is 0. The molecule has 2 aromatic heterocycles. The Bertz CT molecular complexity index is 742. The number of rotatable bonds is 5. The second kappa shape index (κ2) is 6.31. The van der Waals surface area contributed by atoms with Gasteiger partial charge < -0.3 is 10.2 Å². The fourth-order valence-corrected chi connectivity index (χ4v) is 2.85. The second-order valence-electron chi connectivity index (χ2n) is 5.02. The third kappa shape index (κ3) is 2.76. The van der Waals surface area contributed by atoms with Gasteiger partial charge in [0.25, 0.3) is 0 Å². The molecule has 2 aromatic rings. The number of nitrogens with zero attached hydrogens (tertiary/aromatic N) is 5. The Morgan fingerprint density at radius 3 is 2.86 bits per heavy atom. The van der Waals surface area contributed by atoms with Gasteiger partial charge in [0.15, 0.2) is 5.65 Å². The summed E-state index contributed by atoms with van der Waals surface area (Å²) in [6, 6.07) is 2.00. The van der Waals surface area contributed by atoms with E-state index in [1.165, 1.54) is 12.8 Å². The average Bonchev–Trinajstić information content (AvgIpc) is 3.17. The highest BCUT2D eigenvalue weighted by Crippen LogP contribution is 2.27. The number of hydrogen-bond donors (Lipinski definition) is 1. The normalized spacial score (nSPS) is 15.3. The Hall–Kier alpha value is -2.15. The lowest BCUT2D eigenvalue weighted by atomic mass is 10.4. The number of nitrogens with one attached hydrogen (secondary N) is 1. The fourth-order valence-electron chi connectivity index (χ4n) is 2.50. The molecule has 0 spiro atoms. The third-order valence-corrected chi connectivity index (χ3v) is 4.13. The minimum absolute atomic E-state index is 0.751. The van der Waals surface area contributed by atoms with Crippen LogP contribution in [0.4, 0.5) is 11.6 Å². The van der Waals surface area contributed by atoms with Crippen LogP contribution in [0.1, 0.15) is 12.8 Å². The minimum atomic E-state index is 0.751. The minimum Gasteiger partial charge on any atom is -0.356 e. The first-order valence-electron chi connectivity index (χ1n) is 7.07. The summed E-state index contributed by atoms with van der Waals surface area (Å²) >= 11 is 3.50. The van der Waals surface area contributed by atoms with Crippen molar-refractivity contribution in [2.75, 3.05) is 23.3 Å². The molecule has 3 heterocycles. The van der Waals surface area contributed by atoms with Gasteiger partial charge in [-0.05, 0) is 41.6 Å². The van der Waals surface area contributed by atoms with Crippen molar-refractivity contribution in [3.8, 4) is 0 Å². The summed E-state index contributed by atoms with van der Waals surface area (Å²) in [4.78, 5) is 10.8. The molecule has 0 unspecified atom stereocenters. The monoisotopic (exact) mass is 360 g/mol. The molecular formula is C15H17BrN6. The number of fused-ring (bicyclic) bond motifs is 1. The number of halogens is 1. The van der Waals surface area contributed by atoms with E-state index in [1.807, 2.05) is 6.07 Å². The van der Waals surface area contributed by atoms with Crippen molar-refractivity contribution in [3.63, 3.8) is 0 Å². The zero-order chi connectivity index (χ0) is 15.5. The van der Waals surface area contributed by atoms with Crippen LogP contribution in [0.15, 0.2) is 46.3 Å². The number of allylic oxidation sites excluding steroid dienone is 1. The standard InChI is InChI=1S/C15H17BrN6/c1-3-11(9-17-2)19-14-8-13(21-6-4-5-7-21)20-15-12(16)10-18-22(14)15/h3,8-10,19H,1-2,4-7H2/b11-9+. The topological polar surface area (TPSA) is 57.8 Å². The van der Waals surface area contributed by atoms with Crippen molar-refractivity contribution in [2.45, 2.75) is 12.8 Å². The lowest BCUT2D eigenvalue weighted by Gasteiger charge is -2.18. The van der Waals surface area contributed by atoms with Gasteiger partial charge in [-0.2, -0.15) is 9.61 Å². The van der Waals surface area contributed by atoms with E-state index in [0.717, 1.165) is 40.5 Å².